The third-order valence-electron chi connectivity index (χ3n) is 3.00. The molecule has 0 aliphatic rings. The van der Waals surface area contributed by atoms with Crippen molar-refractivity contribution in [2.45, 2.75) is 6.54 Å². The van der Waals surface area contributed by atoms with Gasteiger partial charge in [-0.2, -0.15) is 0 Å². The molecule has 6 heteroatoms. The van der Waals surface area contributed by atoms with E-state index in [2.05, 4.69) is 18.5 Å². The second kappa shape index (κ2) is 6.58. The topological polar surface area (TPSA) is 34.0 Å². The summed E-state index contributed by atoms with van der Waals surface area (Å²) < 4.78 is 27.7. The van der Waals surface area contributed by atoms with Gasteiger partial charge in [-0.15, -0.1) is 6.58 Å². The number of hydrogen-bond donors (Lipinski definition) is 1. The van der Waals surface area contributed by atoms with Gasteiger partial charge in [0.2, 0.25) is 0 Å². The van der Waals surface area contributed by atoms with Crippen LogP contribution in [0, 0.1) is 11.6 Å². The van der Waals surface area contributed by atoms with Gasteiger partial charge in [0.15, 0.2) is 11.6 Å². The summed E-state index contributed by atoms with van der Waals surface area (Å²) in [7, 11) is 0. The van der Waals surface area contributed by atoms with Gasteiger partial charge >= 0.3 is 0 Å². The molecular formula is C16H13ClF2N2O. The molecule has 0 unspecified atom stereocenters. The highest BCUT2D eigenvalue weighted by Gasteiger charge is 2.19. The van der Waals surface area contributed by atoms with Crippen molar-refractivity contribution in [3.63, 3.8) is 0 Å². The number of halogens is 3. The van der Waals surface area contributed by atoms with E-state index in [9.17, 15) is 13.6 Å². The van der Waals surface area contributed by atoms with E-state index in [1.807, 2.05) is 0 Å². The lowest BCUT2D eigenvalue weighted by Crippen LogP contribution is -2.18. The van der Waals surface area contributed by atoms with Gasteiger partial charge in [-0.25, -0.2) is 8.78 Å². The van der Waals surface area contributed by atoms with Crippen molar-refractivity contribution in [3.05, 3.63) is 71.5 Å². The largest absolute Gasteiger partial charge is 0.332 e. The summed E-state index contributed by atoms with van der Waals surface area (Å²) >= 11 is 6.08. The molecule has 22 heavy (non-hydrogen) atoms. The van der Waals surface area contributed by atoms with E-state index < -0.39 is 17.5 Å². The summed E-state index contributed by atoms with van der Waals surface area (Å²) in [6.07, 6.45) is 3.17. The van der Waals surface area contributed by atoms with E-state index in [4.69, 9.17) is 11.6 Å². The van der Waals surface area contributed by atoms with Gasteiger partial charge in [0.1, 0.15) is 5.69 Å². The Bertz CT molecular complexity index is 753. The quantitative estimate of drug-likeness (QED) is 0.808. The lowest BCUT2D eigenvalue weighted by Gasteiger charge is -2.10. The summed E-state index contributed by atoms with van der Waals surface area (Å²) in [5.74, 6) is -2.57. The van der Waals surface area contributed by atoms with Gasteiger partial charge < -0.3 is 9.88 Å². The van der Waals surface area contributed by atoms with Crippen LogP contribution in [0.3, 0.4) is 0 Å². The molecule has 0 radical (unpaired) electrons. The molecule has 114 valence electrons. The first kappa shape index (κ1) is 16.0. The van der Waals surface area contributed by atoms with Crippen molar-refractivity contribution in [2.75, 3.05) is 5.32 Å². The average Bonchev–Trinajstić information content (AvgIpc) is 2.79. The standard InChI is InChI=1S/C16H13ClF2N2O/c1-3-7-21-11(4-2)9-12(17)15(21)16(22)20-10-5-6-13(18)14(19)8-10/h3-6,8-9H,1-2,7H2,(H,20,22). The van der Waals surface area contributed by atoms with Crippen molar-refractivity contribution < 1.29 is 13.6 Å². The monoisotopic (exact) mass is 322 g/mol. The molecule has 0 saturated heterocycles. The zero-order valence-corrected chi connectivity index (χ0v) is 12.3. The zero-order chi connectivity index (χ0) is 16.3. The number of nitrogens with one attached hydrogen (secondary N) is 1. The number of allylic oxidation sites excluding steroid dienone is 1. The van der Waals surface area contributed by atoms with Crippen molar-refractivity contribution in [1.29, 1.82) is 0 Å². The maximum atomic E-state index is 13.2. The second-order valence-corrected chi connectivity index (χ2v) is 4.86. The maximum Gasteiger partial charge on any atom is 0.273 e. The molecular weight excluding hydrogens is 310 g/mol. The molecule has 0 fully saturated rings. The van der Waals surface area contributed by atoms with Gasteiger partial charge in [0.05, 0.1) is 5.02 Å². The van der Waals surface area contributed by atoms with E-state index >= 15 is 0 Å². The Morgan fingerprint density at radius 1 is 1.27 bits per heavy atom. The minimum absolute atomic E-state index is 0.131. The third-order valence-corrected chi connectivity index (χ3v) is 3.28. The molecule has 0 atom stereocenters. The minimum Gasteiger partial charge on any atom is -0.332 e. The van der Waals surface area contributed by atoms with Crippen molar-refractivity contribution in [3.8, 4) is 0 Å². The Balaban J connectivity index is 2.36. The Morgan fingerprint density at radius 3 is 2.59 bits per heavy atom. The van der Waals surface area contributed by atoms with Crippen LogP contribution in [0.15, 0.2) is 43.5 Å². The van der Waals surface area contributed by atoms with Crippen LogP contribution in [-0.4, -0.2) is 10.5 Å². The first-order valence-electron chi connectivity index (χ1n) is 6.36. The van der Waals surface area contributed by atoms with Crippen LogP contribution in [0.5, 0.6) is 0 Å². The van der Waals surface area contributed by atoms with Gasteiger partial charge in [-0.1, -0.05) is 24.3 Å². The highest BCUT2D eigenvalue weighted by Crippen LogP contribution is 2.24. The molecule has 0 bridgehead atoms. The highest BCUT2D eigenvalue weighted by atomic mass is 35.5. The lowest BCUT2D eigenvalue weighted by atomic mass is 10.3. The molecule has 1 aromatic carbocycles. The van der Waals surface area contributed by atoms with Crippen LogP contribution in [-0.2, 0) is 6.54 Å². The number of hydrogen-bond acceptors (Lipinski definition) is 1. The fourth-order valence-corrected chi connectivity index (χ4v) is 2.32. The average molecular weight is 323 g/mol. The number of amides is 1. The number of aromatic nitrogens is 1. The van der Waals surface area contributed by atoms with E-state index in [0.717, 1.165) is 12.1 Å². The number of nitrogens with zero attached hydrogens (tertiary/aromatic N) is 1. The Morgan fingerprint density at radius 2 is 2.00 bits per heavy atom. The van der Waals surface area contributed by atoms with Crippen molar-refractivity contribution in [2.24, 2.45) is 0 Å². The fraction of sp³-hybridized carbons (Fsp3) is 0.0625. The molecule has 1 aromatic heterocycles. The summed E-state index contributed by atoms with van der Waals surface area (Å²) in [6, 6.07) is 4.69. The van der Waals surface area contributed by atoms with Crippen LogP contribution in [0.1, 0.15) is 16.2 Å². The number of anilines is 1. The number of benzene rings is 1. The predicted octanol–water partition coefficient (Wildman–Crippen LogP) is 4.50. The SMILES string of the molecule is C=CCn1c(C=C)cc(Cl)c1C(=O)Nc1ccc(F)c(F)c1. The molecule has 1 heterocycles. The maximum absolute atomic E-state index is 13.2. The molecule has 0 spiro atoms. The van der Waals surface area contributed by atoms with E-state index in [1.165, 1.54) is 6.07 Å². The first-order valence-corrected chi connectivity index (χ1v) is 6.74. The molecule has 0 aliphatic carbocycles. The van der Waals surface area contributed by atoms with Crippen molar-refractivity contribution in [1.82, 2.24) is 4.57 Å². The van der Waals surface area contributed by atoms with Gasteiger partial charge in [0, 0.05) is 24.0 Å². The number of rotatable bonds is 5. The third kappa shape index (κ3) is 3.09. The first-order chi connectivity index (χ1) is 10.5. The van der Waals surface area contributed by atoms with E-state index in [1.54, 1.807) is 22.8 Å². The normalized spacial score (nSPS) is 10.3. The molecule has 1 N–H and O–H groups in total. The predicted molar refractivity (Wildman–Crippen MR) is 84.0 cm³/mol. The fourth-order valence-electron chi connectivity index (χ4n) is 2.02. The molecule has 2 aromatic rings. The number of carbonyl (C=O) groups excluding carboxylic acids is 1. The van der Waals surface area contributed by atoms with Crippen molar-refractivity contribution >= 4 is 29.3 Å². The van der Waals surface area contributed by atoms with Crippen LogP contribution >= 0.6 is 11.6 Å². The van der Waals surface area contributed by atoms with Crippen LogP contribution < -0.4 is 5.32 Å². The Kier molecular flexibility index (Phi) is 4.78. The smallest absolute Gasteiger partial charge is 0.273 e. The summed E-state index contributed by atoms with van der Waals surface area (Å²) in [5.41, 5.74) is 0.980. The van der Waals surface area contributed by atoms with Gasteiger partial charge in [-0.3, -0.25) is 4.79 Å². The summed E-state index contributed by atoms with van der Waals surface area (Å²) in [6.45, 7) is 7.64. The Hall–Kier alpha value is -2.40. The summed E-state index contributed by atoms with van der Waals surface area (Å²) in [4.78, 5) is 12.4. The minimum atomic E-state index is -1.04. The zero-order valence-electron chi connectivity index (χ0n) is 11.6. The molecule has 3 nitrogen and oxygen atoms in total. The van der Waals surface area contributed by atoms with E-state index in [0.29, 0.717) is 12.2 Å². The van der Waals surface area contributed by atoms with Gasteiger partial charge in [-0.05, 0) is 24.3 Å². The molecule has 0 aliphatic heterocycles. The second-order valence-electron chi connectivity index (χ2n) is 4.45. The highest BCUT2D eigenvalue weighted by molar-refractivity contribution is 6.34. The van der Waals surface area contributed by atoms with Crippen LogP contribution in [0.2, 0.25) is 5.02 Å². The lowest BCUT2D eigenvalue weighted by molar-refractivity contribution is 0.101. The number of carbonyl (C=O) groups is 1. The summed E-state index contributed by atoms with van der Waals surface area (Å²) in [5, 5.41) is 2.72. The molecule has 2 rings (SSSR count). The van der Waals surface area contributed by atoms with Crippen LogP contribution in [0.25, 0.3) is 6.08 Å². The van der Waals surface area contributed by atoms with Gasteiger partial charge in [0.25, 0.3) is 5.91 Å². The Labute approximate surface area is 131 Å². The molecule has 1 amide bonds. The molecule has 0 saturated carbocycles. The van der Waals surface area contributed by atoms with Crippen LogP contribution in [0.4, 0.5) is 14.5 Å². The van der Waals surface area contributed by atoms with E-state index in [-0.39, 0.29) is 16.4 Å².